The highest BCUT2D eigenvalue weighted by Gasteiger charge is 2.30. The van der Waals surface area contributed by atoms with Gasteiger partial charge in [-0.3, -0.25) is 0 Å². The molecule has 1 aliphatic heterocycles. The molecule has 2 amide bonds. The van der Waals surface area contributed by atoms with E-state index in [0.29, 0.717) is 13.1 Å². The summed E-state index contributed by atoms with van der Waals surface area (Å²) >= 11 is 0. The third kappa shape index (κ3) is 3.73. The summed E-state index contributed by atoms with van der Waals surface area (Å²) in [5, 5.41) is 12.9. The van der Waals surface area contributed by atoms with Crippen LogP contribution in [0, 0.1) is 0 Å². The minimum absolute atomic E-state index is 0.0403. The van der Waals surface area contributed by atoms with Crippen molar-refractivity contribution in [3.05, 3.63) is 11.6 Å². The smallest absolute Gasteiger partial charge is 0.317 e. The molecule has 0 saturated carbocycles. The molecule has 1 saturated heterocycles. The topological polar surface area (TPSA) is 52.6 Å². The summed E-state index contributed by atoms with van der Waals surface area (Å²) < 4.78 is 0. The monoisotopic (exact) mass is 252 g/mol. The van der Waals surface area contributed by atoms with Crippen molar-refractivity contribution in [2.75, 3.05) is 19.6 Å². The second kappa shape index (κ2) is 5.74. The Labute approximate surface area is 109 Å². The van der Waals surface area contributed by atoms with Crippen molar-refractivity contribution in [3.63, 3.8) is 0 Å². The fourth-order valence-corrected chi connectivity index (χ4v) is 2.76. The Bertz CT molecular complexity index is 337. The molecule has 1 atom stereocenters. The van der Waals surface area contributed by atoms with Gasteiger partial charge in [0, 0.05) is 13.1 Å². The lowest BCUT2D eigenvalue weighted by Gasteiger charge is -2.36. The normalized spacial score (nSPS) is 28.8. The number of carbonyl (C=O) groups is 1. The summed E-state index contributed by atoms with van der Waals surface area (Å²) in [6.45, 7) is 3.66. The molecule has 1 aliphatic carbocycles. The largest absolute Gasteiger partial charge is 0.388 e. The number of allylic oxidation sites excluding steroid dienone is 1. The van der Waals surface area contributed by atoms with Gasteiger partial charge in [-0.2, -0.15) is 0 Å². The Morgan fingerprint density at radius 3 is 3.00 bits per heavy atom. The minimum atomic E-state index is -0.723. The first-order chi connectivity index (χ1) is 8.57. The van der Waals surface area contributed by atoms with Crippen LogP contribution in [0.15, 0.2) is 11.6 Å². The van der Waals surface area contributed by atoms with Gasteiger partial charge in [0.2, 0.25) is 0 Å². The van der Waals surface area contributed by atoms with Crippen LogP contribution in [0.2, 0.25) is 0 Å². The number of nitrogens with one attached hydrogen (secondary N) is 1. The second-order valence-corrected chi connectivity index (χ2v) is 5.79. The second-order valence-electron chi connectivity index (χ2n) is 5.79. The van der Waals surface area contributed by atoms with E-state index in [1.807, 2.05) is 0 Å². The number of amides is 2. The van der Waals surface area contributed by atoms with Crippen molar-refractivity contribution in [2.24, 2.45) is 0 Å². The lowest BCUT2D eigenvalue weighted by atomic mass is 9.95. The Kier molecular flexibility index (Phi) is 4.27. The van der Waals surface area contributed by atoms with Crippen LogP contribution in [0.3, 0.4) is 0 Å². The van der Waals surface area contributed by atoms with E-state index in [1.165, 1.54) is 18.4 Å². The summed E-state index contributed by atoms with van der Waals surface area (Å²) in [4.78, 5) is 13.7. The number of hydrogen-bond acceptors (Lipinski definition) is 2. The van der Waals surface area contributed by atoms with Crippen molar-refractivity contribution < 1.29 is 9.90 Å². The van der Waals surface area contributed by atoms with E-state index in [0.717, 1.165) is 32.2 Å². The molecule has 102 valence electrons. The standard InChI is InChI=1S/C14H24N2O2/c1-14(18)8-5-9-16(11-14)13(17)15-10-12-6-3-2-4-7-12/h6,18H,2-5,7-11H2,1H3,(H,15,17). The van der Waals surface area contributed by atoms with E-state index in [2.05, 4.69) is 11.4 Å². The third-order valence-corrected chi connectivity index (χ3v) is 3.81. The molecule has 2 aliphatic rings. The quantitative estimate of drug-likeness (QED) is 0.739. The zero-order valence-electron chi connectivity index (χ0n) is 11.2. The van der Waals surface area contributed by atoms with E-state index < -0.39 is 5.60 Å². The number of likely N-dealkylation sites (tertiary alicyclic amines) is 1. The van der Waals surface area contributed by atoms with Gasteiger partial charge in [0.15, 0.2) is 0 Å². The number of urea groups is 1. The average molecular weight is 252 g/mol. The molecule has 1 heterocycles. The van der Waals surface area contributed by atoms with E-state index >= 15 is 0 Å². The van der Waals surface area contributed by atoms with Gasteiger partial charge in [0.1, 0.15) is 0 Å². The number of piperidine rings is 1. The molecule has 18 heavy (non-hydrogen) atoms. The van der Waals surface area contributed by atoms with Gasteiger partial charge in [0.05, 0.1) is 12.1 Å². The first-order valence-electron chi connectivity index (χ1n) is 7.00. The summed E-state index contributed by atoms with van der Waals surface area (Å²) in [6.07, 6.45) is 8.66. The Morgan fingerprint density at radius 2 is 2.33 bits per heavy atom. The Morgan fingerprint density at radius 1 is 1.50 bits per heavy atom. The van der Waals surface area contributed by atoms with E-state index in [-0.39, 0.29) is 6.03 Å². The van der Waals surface area contributed by atoms with Gasteiger partial charge in [0.25, 0.3) is 0 Å². The van der Waals surface area contributed by atoms with Crippen molar-refractivity contribution in [2.45, 2.75) is 51.0 Å². The highest BCUT2D eigenvalue weighted by atomic mass is 16.3. The number of β-amino-alcohol motifs (C(OH)–C–C–N with tert-alkyl or cyclic N) is 1. The molecule has 0 radical (unpaired) electrons. The summed E-state index contributed by atoms with van der Waals surface area (Å²) in [7, 11) is 0. The molecule has 2 N–H and O–H groups in total. The summed E-state index contributed by atoms with van der Waals surface area (Å²) in [5.41, 5.74) is 0.623. The van der Waals surface area contributed by atoms with Crippen molar-refractivity contribution in [1.29, 1.82) is 0 Å². The molecular weight excluding hydrogens is 228 g/mol. The molecule has 2 rings (SSSR count). The molecular formula is C14H24N2O2. The summed E-state index contributed by atoms with van der Waals surface area (Å²) in [5.74, 6) is 0. The Balaban J connectivity index is 1.79. The first kappa shape index (κ1) is 13.4. The van der Waals surface area contributed by atoms with Crippen molar-refractivity contribution in [1.82, 2.24) is 10.2 Å². The van der Waals surface area contributed by atoms with Gasteiger partial charge in [-0.15, -0.1) is 0 Å². The number of nitrogens with zero attached hydrogens (tertiary/aromatic N) is 1. The Hall–Kier alpha value is -1.03. The maximum atomic E-state index is 12.0. The summed E-state index contributed by atoms with van der Waals surface area (Å²) in [6, 6.07) is -0.0403. The number of hydrogen-bond donors (Lipinski definition) is 2. The van der Waals surface area contributed by atoms with Crippen molar-refractivity contribution in [3.8, 4) is 0 Å². The van der Waals surface area contributed by atoms with E-state index in [9.17, 15) is 9.90 Å². The highest BCUT2D eigenvalue weighted by Crippen LogP contribution is 2.20. The molecule has 0 aromatic carbocycles. The lowest BCUT2D eigenvalue weighted by Crippen LogP contribution is -2.52. The molecule has 0 aromatic rings. The fraction of sp³-hybridized carbons (Fsp3) is 0.786. The molecule has 0 bridgehead atoms. The molecule has 4 heteroatoms. The van der Waals surface area contributed by atoms with Crippen molar-refractivity contribution >= 4 is 6.03 Å². The molecule has 1 fully saturated rings. The predicted octanol–water partition coefficient (Wildman–Crippen LogP) is 2.04. The highest BCUT2D eigenvalue weighted by molar-refractivity contribution is 5.74. The molecule has 4 nitrogen and oxygen atoms in total. The minimum Gasteiger partial charge on any atom is -0.388 e. The van der Waals surface area contributed by atoms with Gasteiger partial charge in [-0.25, -0.2) is 4.79 Å². The van der Waals surface area contributed by atoms with Crippen LogP contribution in [-0.4, -0.2) is 41.3 Å². The van der Waals surface area contributed by atoms with E-state index in [1.54, 1.807) is 11.8 Å². The van der Waals surface area contributed by atoms with Gasteiger partial charge in [-0.05, 0) is 45.4 Å². The van der Waals surface area contributed by atoms with Gasteiger partial charge in [-0.1, -0.05) is 11.6 Å². The zero-order valence-corrected chi connectivity index (χ0v) is 11.2. The van der Waals surface area contributed by atoms with Crippen LogP contribution >= 0.6 is 0 Å². The zero-order chi connectivity index (χ0) is 13.0. The van der Waals surface area contributed by atoms with E-state index in [4.69, 9.17) is 0 Å². The SMILES string of the molecule is CC1(O)CCCN(C(=O)NCC2=CCCCC2)C1. The van der Waals surface area contributed by atoms with Crippen LogP contribution in [0.25, 0.3) is 0 Å². The van der Waals surface area contributed by atoms with Crippen LogP contribution in [0.1, 0.15) is 45.4 Å². The van der Waals surface area contributed by atoms with Gasteiger partial charge < -0.3 is 15.3 Å². The van der Waals surface area contributed by atoms with Crippen LogP contribution in [0.4, 0.5) is 4.79 Å². The maximum Gasteiger partial charge on any atom is 0.317 e. The molecule has 0 spiro atoms. The molecule has 0 aromatic heterocycles. The van der Waals surface area contributed by atoms with Crippen LogP contribution in [-0.2, 0) is 0 Å². The van der Waals surface area contributed by atoms with Crippen LogP contribution in [0.5, 0.6) is 0 Å². The third-order valence-electron chi connectivity index (χ3n) is 3.81. The lowest BCUT2D eigenvalue weighted by molar-refractivity contribution is -0.00238. The predicted molar refractivity (Wildman–Crippen MR) is 71.4 cm³/mol. The van der Waals surface area contributed by atoms with Gasteiger partial charge >= 0.3 is 6.03 Å². The average Bonchev–Trinajstić information content (AvgIpc) is 2.36. The number of aliphatic hydroxyl groups is 1. The van der Waals surface area contributed by atoms with Crippen LogP contribution < -0.4 is 5.32 Å². The molecule has 1 unspecified atom stereocenters. The maximum absolute atomic E-state index is 12.0. The fourth-order valence-electron chi connectivity index (χ4n) is 2.76. The number of rotatable bonds is 2. The number of carbonyl (C=O) groups excluding carboxylic acids is 1. The first-order valence-corrected chi connectivity index (χ1v) is 7.00.